The molecule has 0 aliphatic carbocycles. The summed E-state index contributed by atoms with van der Waals surface area (Å²) in [7, 11) is 1.70. The Hall–Kier alpha value is -1.63. The maximum absolute atomic E-state index is 5.85. The van der Waals surface area contributed by atoms with Crippen LogP contribution in [-0.4, -0.2) is 54.3 Å². The number of aromatic nitrogens is 3. The average molecular weight is 280 g/mol. The number of anilines is 3. The normalized spacial score (nSPS) is 16.4. The van der Waals surface area contributed by atoms with E-state index in [1.165, 1.54) is 12.8 Å². The van der Waals surface area contributed by atoms with Gasteiger partial charge in [-0.1, -0.05) is 0 Å². The van der Waals surface area contributed by atoms with Crippen molar-refractivity contribution in [2.24, 2.45) is 0 Å². The van der Waals surface area contributed by atoms with Gasteiger partial charge in [-0.3, -0.25) is 0 Å². The molecule has 7 heteroatoms. The fraction of sp³-hybridized carbons (Fsp3) is 0.769. The van der Waals surface area contributed by atoms with Gasteiger partial charge < -0.3 is 20.3 Å². The van der Waals surface area contributed by atoms with Gasteiger partial charge in [-0.15, -0.1) is 0 Å². The number of nitrogens with zero attached hydrogens (tertiary/aromatic N) is 5. The Morgan fingerprint density at radius 3 is 2.60 bits per heavy atom. The van der Waals surface area contributed by atoms with E-state index >= 15 is 0 Å². The maximum atomic E-state index is 5.85. The van der Waals surface area contributed by atoms with Crippen LogP contribution in [0, 0.1) is 0 Å². The van der Waals surface area contributed by atoms with Crippen molar-refractivity contribution in [1.29, 1.82) is 0 Å². The maximum Gasteiger partial charge on any atom is 0.232 e. The van der Waals surface area contributed by atoms with Crippen LogP contribution in [0.3, 0.4) is 0 Å². The number of nitrogens with two attached hydrogens (primary N) is 1. The molecule has 1 aromatic heterocycles. The summed E-state index contributed by atoms with van der Waals surface area (Å²) in [5.74, 6) is 1.60. The number of nitrogen functional groups attached to an aromatic ring is 1. The van der Waals surface area contributed by atoms with Crippen molar-refractivity contribution >= 4 is 17.8 Å². The summed E-state index contributed by atoms with van der Waals surface area (Å²) in [5.41, 5.74) is 5.85. The van der Waals surface area contributed by atoms with E-state index in [1.807, 2.05) is 0 Å². The number of likely N-dealkylation sites (N-methyl/N-ethyl adjacent to an activating group) is 1. The molecular weight excluding hydrogens is 256 g/mol. The van der Waals surface area contributed by atoms with Crippen LogP contribution in [0.4, 0.5) is 17.8 Å². The highest BCUT2D eigenvalue weighted by Crippen LogP contribution is 2.20. The first kappa shape index (κ1) is 14.8. The molecule has 1 aliphatic heterocycles. The molecule has 0 spiro atoms. The third kappa shape index (κ3) is 3.27. The van der Waals surface area contributed by atoms with Crippen LogP contribution >= 0.6 is 0 Å². The summed E-state index contributed by atoms with van der Waals surface area (Å²) in [5, 5.41) is 0. The van der Waals surface area contributed by atoms with Crippen LogP contribution < -0.4 is 15.5 Å². The minimum atomic E-state index is 0.193. The molecule has 0 bridgehead atoms. The van der Waals surface area contributed by atoms with Crippen molar-refractivity contribution in [1.82, 2.24) is 15.0 Å². The monoisotopic (exact) mass is 280 g/mol. The minimum absolute atomic E-state index is 0.193. The molecule has 1 atom stereocenters. The summed E-state index contributed by atoms with van der Waals surface area (Å²) >= 11 is 0. The molecule has 1 aromatic rings. The molecule has 0 radical (unpaired) electrons. The quantitative estimate of drug-likeness (QED) is 0.829. The summed E-state index contributed by atoms with van der Waals surface area (Å²) < 4.78 is 5.21. The highest BCUT2D eigenvalue weighted by molar-refractivity contribution is 5.44. The lowest BCUT2D eigenvalue weighted by Crippen LogP contribution is -2.38. The first-order chi connectivity index (χ1) is 9.65. The second-order valence-corrected chi connectivity index (χ2v) is 5.08. The molecule has 2 rings (SSSR count). The predicted octanol–water partition coefficient (Wildman–Crippen LogP) is 0.915. The predicted molar refractivity (Wildman–Crippen MR) is 80.0 cm³/mol. The molecule has 1 aliphatic rings. The third-order valence-electron chi connectivity index (χ3n) is 3.56. The van der Waals surface area contributed by atoms with Gasteiger partial charge >= 0.3 is 0 Å². The van der Waals surface area contributed by atoms with E-state index in [0.717, 1.165) is 19.6 Å². The molecule has 1 unspecified atom stereocenters. The Labute approximate surface area is 120 Å². The SMILES string of the molecule is CCN(c1nc(N)nc(N2CCCC2)n1)C(C)COC. The minimum Gasteiger partial charge on any atom is -0.383 e. The number of hydrogen-bond donors (Lipinski definition) is 1. The molecule has 2 heterocycles. The highest BCUT2D eigenvalue weighted by Gasteiger charge is 2.21. The third-order valence-corrected chi connectivity index (χ3v) is 3.56. The molecule has 7 nitrogen and oxygen atoms in total. The topological polar surface area (TPSA) is 80.4 Å². The molecule has 1 fully saturated rings. The average Bonchev–Trinajstić information content (AvgIpc) is 2.93. The zero-order chi connectivity index (χ0) is 14.5. The van der Waals surface area contributed by atoms with Gasteiger partial charge in [-0.2, -0.15) is 15.0 Å². The van der Waals surface area contributed by atoms with Crippen molar-refractivity contribution in [3.8, 4) is 0 Å². The second-order valence-electron chi connectivity index (χ2n) is 5.08. The van der Waals surface area contributed by atoms with Gasteiger partial charge in [0.05, 0.1) is 12.6 Å². The number of methoxy groups -OCH3 is 1. The van der Waals surface area contributed by atoms with Crippen molar-refractivity contribution < 1.29 is 4.74 Å². The van der Waals surface area contributed by atoms with Gasteiger partial charge in [0.25, 0.3) is 0 Å². The van der Waals surface area contributed by atoms with Gasteiger partial charge in [0, 0.05) is 26.7 Å². The van der Waals surface area contributed by atoms with E-state index < -0.39 is 0 Å². The molecule has 0 aromatic carbocycles. The summed E-state index contributed by atoms with van der Waals surface area (Å²) in [6.07, 6.45) is 2.36. The largest absolute Gasteiger partial charge is 0.383 e. The van der Waals surface area contributed by atoms with Crippen LogP contribution in [0.5, 0.6) is 0 Å². The van der Waals surface area contributed by atoms with E-state index in [0.29, 0.717) is 18.5 Å². The lowest BCUT2D eigenvalue weighted by atomic mass is 10.3. The number of hydrogen-bond acceptors (Lipinski definition) is 7. The van der Waals surface area contributed by atoms with Crippen molar-refractivity contribution in [2.45, 2.75) is 32.7 Å². The van der Waals surface area contributed by atoms with Gasteiger partial charge in [0.1, 0.15) is 0 Å². The standard InChI is InChI=1S/C13H24N6O/c1-4-19(10(2)9-20-3)13-16-11(14)15-12(17-13)18-7-5-6-8-18/h10H,4-9H2,1-3H3,(H2,14,15,16,17). The van der Waals surface area contributed by atoms with E-state index in [-0.39, 0.29) is 12.0 Å². The molecule has 0 amide bonds. The van der Waals surface area contributed by atoms with Crippen molar-refractivity contribution in [3.63, 3.8) is 0 Å². The van der Waals surface area contributed by atoms with Gasteiger partial charge in [-0.25, -0.2) is 0 Å². The first-order valence-electron chi connectivity index (χ1n) is 7.17. The van der Waals surface area contributed by atoms with E-state index in [4.69, 9.17) is 10.5 Å². The molecular formula is C13H24N6O. The fourth-order valence-corrected chi connectivity index (χ4v) is 2.54. The van der Waals surface area contributed by atoms with E-state index in [2.05, 4.69) is 38.6 Å². The summed E-state index contributed by atoms with van der Waals surface area (Å²) in [4.78, 5) is 17.4. The lowest BCUT2D eigenvalue weighted by Gasteiger charge is -2.28. The molecule has 2 N–H and O–H groups in total. The summed E-state index contributed by atoms with van der Waals surface area (Å²) in [6.45, 7) is 7.56. The molecule has 0 saturated carbocycles. The Kier molecular flexibility index (Phi) is 4.94. The van der Waals surface area contributed by atoms with Crippen LogP contribution in [0.15, 0.2) is 0 Å². The highest BCUT2D eigenvalue weighted by atomic mass is 16.5. The first-order valence-corrected chi connectivity index (χ1v) is 7.17. The van der Waals surface area contributed by atoms with Crippen LogP contribution in [0.25, 0.3) is 0 Å². The second kappa shape index (κ2) is 6.69. The van der Waals surface area contributed by atoms with Crippen molar-refractivity contribution in [2.75, 3.05) is 48.9 Å². The van der Waals surface area contributed by atoms with Gasteiger partial charge in [0.15, 0.2) is 0 Å². The van der Waals surface area contributed by atoms with E-state index in [1.54, 1.807) is 7.11 Å². The molecule has 20 heavy (non-hydrogen) atoms. The van der Waals surface area contributed by atoms with Gasteiger partial charge in [0.2, 0.25) is 17.8 Å². The zero-order valence-corrected chi connectivity index (χ0v) is 12.5. The van der Waals surface area contributed by atoms with E-state index in [9.17, 15) is 0 Å². The molecule has 112 valence electrons. The zero-order valence-electron chi connectivity index (χ0n) is 12.5. The number of ether oxygens (including phenoxy) is 1. The Morgan fingerprint density at radius 2 is 2.00 bits per heavy atom. The van der Waals surface area contributed by atoms with Crippen molar-refractivity contribution in [3.05, 3.63) is 0 Å². The Morgan fingerprint density at radius 1 is 1.30 bits per heavy atom. The lowest BCUT2D eigenvalue weighted by molar-refractivity contribution is 0.181. The smallest absolute Gasteiger partial charge is 0.232 e. The van der Waals surface area contributed by atoms with Crippen LogP contribution in [-0.2, 0) is 4.74 Å². The van der Waals surface area contributed by atoms with Crippen LogP contribution in [0.1, 0.15) is 26.7 Å². The van der Waals surface area contributed by atoms with Crippen LogP contribution in [0.2, 0.25) is 0 Å². The fourth-order valence-electron chi connectivity index (χ4n) is 2.54. The Bertz CT molecular complexity index is 435. The van der Waals surface area contributed by atoms with Gasteiger partial charge in [-0.05, 0) is 26.7 Å². The molecule has 1 saturated heterocycles. The Balaban J connectivity index is 2.25. The number of rotatable bonds is 6. The summed E-state index contributed by atoms with van der Waals surface area (Å²) in [6, 6.07) is 0.193.